The first-order valence-electron chi connectivity index (χ1n) is 36.2. The smallest absolute Gasteiger partial charge is 0.252 e. The zero-order valence-electron chi connectivity index (χ0n) is 58.0. The van der Waals surface area contributed by atoms with Gasteiger partial charge in [0.15, 0.2) is 0 Å². The lowest BCUT2D eigenvalue weighted by Gasteiger charge is -2.46. The number of nitrogens with zero attached hydrogens (tertiary/aromatic N) is 4. The van der Waals surface area contributed by atoms with Gasteiger partial charge in [0.1, 0.15) is 0 Å². The number of rotatable bonds is 11. The van der Waals surface area contributed by atoms with Gasteiger partial charge in [-0.15, -0.1) is 0 Å². The van der Waals surface area contributed by atoms with Crippen LogP contribution in [0, 0.1) is 20.8 Å². The minimum Gasteiger partial charge on any atom is -0.310 e. The van der Waals surface area contributed by atoms with Crippen molar-refractivity contribution in [2.24, 2.45) is 0 Å². The highest BCUT2D eigenvalue weighted by Gasteiger charge is 2.46. The van der Waals surface area contributed by atoms with E-state index in [1.165, 1.54) is 60.2 Å². The number of benzene rings is 16. The van der Waals surface area contributed by atoms with E-state index in [0.717, 1.165) is 140 Å². The minimum absolute atomic E-state index is 0.279. The molecule has 2 aromatic heterocycles. The molecule has 0 amide bonds. The summed E-state index contributed by atoms with van der Waals surface area (Å²) in [6.45, 7) is 6.58. The van der Waals surface area contributed by atoms with Crippen molar-refractivity contribution in [3.05, 3.63) is 381 Å². The molecule has 0 saturated heterocycles. The van der Waals surface area contributed by atoms with Gasteiger partial charge < -0.3 is 18.9 Å². The molecule has 18 aromatic rings. The van der Waals surface area contributed by atoms with Gasteiger partial charge in [0.2, 0.25) is 0 Å². The third kappa shape index (κ3) is 9.76. The topological polar surface area (TPSA) is 16.3 Å². The zero-order chi connectivity index (χ0) is 69.1. The first-order chi connectivity index (χ1) is 51.4. The van der Waals surface area contributed by atoms with Gasteiger partial charge in [-0.05, 0) is 189 Å². The Labute approximate surface area is 606 Å². The molecule has 4 nitrogen and oxygen atoms in total. The van der Waals surface area contributed by atoms with Gasteiger partial charge in [-0.1, -0.05) is 285 Å². The Morgan fingerprint density at radius 3 is 0.837 bits per heavy atom. The SMILES string of the molecule is Cc1cc(C)c(-c2cc3c4c(c2)N(c2c(-c5ccccc5)cc(-c5ccccc5)cc2-c2ccccc2)c2cc(-n5c6ccccc6c6ccccc65)ccc2B4c2ccc(-n4c5ccccc5c5ccccc54)cc2N3c2c(-c3ccccc3)cc(-c3ccccc3)cc2-c2ccccc2)c(C)c1. The average Bonchev–Trinajstić information content (AvgIpc) is 0.717. The predicted molar refractivity (Wildman–Crippen MR) is 441 cm³/mol. The maximum absolute atomic E-state index is 2.72. The van der Waals surface area contributed by atoms with Crippen molar-refractivity contribution in [1.82, 2.24) is 9.13 Å². The molecule has 0 fully saturated rings. The summed E-state index contributed by atoms with van der Waals surface area (Å²) in [6.07, 6.45) is 0. The summed E-state index contributed by atoms with van der Waals surface area (Å²) in [5, 5.41) is 4.88. The Morgan fingerprint density at radius 1 is 0.231 bits per heavy atom. The van der Waals surface area contributed by atoms with E-state index in [0.29, 0.717) is 0 Å². The summed E-state index contributed by atoms with van der Waals surface area (Å²) in [5.41, 5.74) is 36.7. The molecule has 4 heterocycles. The second-order valence-corrected chi connectivity index (χ2v) is 28.1. The lowest BCUT2D eigenvalue weighted by molar-refractivity contribution is 1.17. The van der Waals surface area contributed by atoms with Crippen molar-refractivity contribution >= 4 is 101 Å². The molecule has 0 saturated carbocycles. The number of aromatic nitrogens is 2. The standard InChI is InChI=1S/C99H69BN4/c1-64-54-65(2)96(66(3)55-64)75-60-94-97-95(61-75)104(99-84(71-38-18-8-19-39-71)58-74(68-32-12-5-13-33-68)59-85(99)72-40-20-9-21-41-72)93-63-77(102-90-48-28-24-44-80(90)81-45-25-29-49-91(81)102)51-53-87(93)100(97)86-52-50-76(101-88-46-26-22-42-78(88)79-43-23-27-47-89(79)101)62-92(86)103(94)98-82(69-34-14-6-15-35-69)56-73(67-30-10-4-11-31-67)57-83(98)70-36-16-7-17-37-70/h4-63H,1-3H3. The number of hydrogen-bond acceptors (Lipinski definition) is 2. The summed E-state index contributed by atoms with van der Waals surface area (Å²) in [5.74, 6) is 0. The predicted octanol–water partition coefficient (Wildman–Crippen LogP) is 24.6. The first kappa shape index (κ1) is 60.7. The number of anilines is 6. The van der Waals surface area contributed by atoms with Crippen LogP contribution in [-0.4, -0.2) is 15.8 Å². The number of para-hydroxylation sites is 4. The van der Waals surface area contributed by atoms with Crippen LogP contribution in [0.4, 0.5) is 34.1 Å². The van der Waals surface area contributed by atoms with E-state index in [9.17, 15) is 0 Å². The van der Waals surface area contributed by atoms with E-state index in [1.54, 1.807) is 0 Å². The first-order valence-corrected chi connectivity index (χ1v) is 36.2. The zero-order valence-corrected chi connectivity index (χ0v) is 58.0. The van der Waals surface area contributed by atoms with E-state index in [-0.39, 0.29) is 6.71 Å². The fraction of sp³-hybridized carbons (Fsp3) is 0.0303. The Balaban J connectivity index is 0.993. The van der Waals surface area contributed by atoms with Crippen LogP contribution in [0.1, 0.15) is 16.7 Å². The lowest BCUT2D eigenvalue weighted by Crippen LogP contribution is -2.61. The van der Waals surface area contributed by atoms with Gasteiger partial charge in [-0.25, -0.2) is 0 Å². The molecule has 16 aromatic carbocycles. The Bertz CT molecular complexity index is 5830. The maximum Gasteiger partial charge on any atom is 0.252 e. The Morgan fingerprint density at radius 2 is 0.519 bits per heavy atom. The van der Waals surface area contributed by atoms with Gasteiger partial charge in [-0.2, -0.15) is 0 Å². The molecule has 0 spiro atoms. The largest absolute Gasteiger partial charge is 0.310 e. The fourth-order valence-corrected chi connectivity index (χ4v) is 17.6. The van der Waals surface area contributed by atoms with Crippen molar-refractivity contribution in [2.45, 2.75) is 20.8 Å². The molecule has 0 unspecified atom stereocenters. The third-order valence-electron chi connectivity index (χ3n) is 21.9. The monoisotopic (exact) mass is 1320 g/mol. The fourth-order valence-electron chi connectivity index (χ4n) is 17.6. The van der Waals surface area contributed by atoms with E-state index < -0.39 is 0 Å². The molecule has 2 aliphatic heterocycles. The molecular weight excluding hydrogens is 1260 g/mol. The highest BCUT2D eigenvalue weighted by molar-refractivity contribution is 7.00. The van der Waals surface area contributed by atoms with E-state index >= 15 is 0 Å². The van der Waals surface area contributed by atoms with Crippen molar-refractivity contribution in [2.75, 3.05) is 9.80 Å². The summed E-state index contributed by atoms with van der Waals surface area (Å²) in [6, 6.07) is 137. The van der Waals surface area contributed by atoms with Crippen LogP contribution in [-0.2, 0) is 0 Å². The molecule has 0 atom stereocenters. The van der Waals surface area contributed by atoms with Gasteiger partial charge in [0.05, 0.1) is 33.4 Å². The summed E-state index contributed by atoms with van der Waals surface area (Å²) < 4.78 is 5.00. The molecule has 0 aliphatic carbocycles. The van der Waals surface area contributed by atoms with Crippen molar-refractivity contribution in [3.8, 4) is 89.3 Å². The van der Waals surface area contributed by atoms with Crippen molar-refractivity contribution in [1.29, 1.82) is 0 Å². The second kappa shape index (κ2) is 24.6. The van der Waals surface area contributed by atoms with Crippen LogP contribution in [0.3, 0.4) is 0 Å². The molecule has 0 radical (unpaired) electrons. The van der Waals surface area contributed by atoms with E-state index in [1.807, 2.05) is 0 Å². The van der Waals surface area contributed by atoms with Crippen LogP contribution in [0.2, 0.25) is 0 Å². The van der Waals surface area contributed by atoms with Crippen LogP contribution < -0.4 is 26.2 Å². The minimum atomic E-state index is -0.279. The van der Waals surface area contributed by atoms with Gasteiger partial charge in [0.25, 0.3) is 6.71 Å². The van der Waals surface area contributed by atoms with Crippen LogP contribution in [0.25, 0.3) is 133 Å². The maximum atomic E-state index is 2.72. The molecule has 0 bridgehead atoms. The normalized spacial score (nSPS) is 12.3. The number of fused-ring (bicyclic) bond motifs is 10. The van der Waals surface area contributed by atoms with Gasteiger partial charge >= 0.3 is 0 Å². The van der Waals surface area contributed by atoms with Crippen LogP contribution in [0.5, 0.6) is 0 Å². The molecule has 2 aliphatic rings. The van der Waals surface area contributed by atoms with E-state index in [4.69, 9.17) is 0 Å². The van der Waals surface area contributed by atoms with Crippen molar-refractivity contribution in [3.63, 3.8) is 0 Å². The lowest BCUT2D eigenvalue weighted by atomic mass is 9.33. The summed E-state index contributed by atoms with van der Waals surface area (Å²) in [7, 11) is 0. The third-order valence-corrected chi connectivity index (χ3v) is 21.9. The van der Waals surface area contributed by atoms with E-state index in [2.05, 4.69) is 404 Å². The number of hydrogen-bond donors (Lipinski definition) is 0. The molecule has 104 heavy (non-hydrogen) atoms. The molecule has 20 rings (SSSR count). The Kier molecular flexibility index (Phi) is 14.3. The number of aryl methyl sites for hydroxylation is 3. The summed E-state index contributed by atoms with van der Waals surface area (Å²) >= 11 is 0. The van der Waals surface area contributed by atoms with Crippen LogP contribution in [0.15, 0.2) is 364 Å². The van der Waals surface area contributed by atoms with Crippen molar-refractivity contribution < 1.29 is 0 Å². The van der Waals surface area contributed by atoms with Crippen LogP contribution >= 0.6 is 0 Å². The molecule has 488 valence electrons. The van der Waals surface area contributed by atoms with Gasteiger partial charge in [0, 0.05) is 77.9 Å². The highest BCUT2D eigenvalue weighted by atomic mass is 15.2. The molecule has 0 N–H and O–H groups in total. The second-order valence-electron chi connectivity index (χ2n) is 28.1. The van der Waals surface area contributed by atoms with Gasteiger partial charge in [-0.3, -0.25) is 0 Å². The molecular formula is C99H69BN4. The quantitative estimate of drug-likeness (QED) is 0.120. The summed E-state index contributed by atoms with van der Waals surface area (Å²) in [4.78, 5) is 5.43. The highest BCUT2D eigenvalue weighted by Crippen LogP contribution is 2.56. The molecule has 5 heteroatoms. The Hall–Kier alpha value is -13.2. The average molecular weight is 1330 g/mol.